The summed E-state index contributed by atoms with van der Waals surface area (Å²) < 4.78 is 0. The highest BCUT2D eigenvalue weighted by atomic mass is 16.1. The van der Waals surface area contributed by atoms with E-state index in [9.17, 15) is 4.79 Å². The van der Waals surface area contributed by atoms with Gasteiger partial charge in [-0.15, -0.1) is 0 Å². The zero-order valence-corrected chi connectivity index (χ0v) is 7.18. The standard InChI is InChI=1S/C10H14O/c1-6-7-4-5-8(9(6)11)10(7,2)3/h7-8H,1,4-5H2,2-3H3/t7-,8+/m1/s1. The van der Waals surface area contributed by atoms with E-state index in [2.05, 4.69) is 20.4 Å². The Labute approximate surface area is 67.5 Å². The second-order valence-corrected chi connectivity index (χ2v) is 4.39. The van der Waals surface area contributed by atoms with Crippen molar-refractivity contribution in [3.8, 4) is 0 Å². The molecule has 0 saturated heterocycles. The van der Waals surface area contributed by atoms with E-state index >= 15 is 0 Å². The first kappa shape index (κ1) is 7.08. The highest BCUT2D eigenvalue weighted by Gasteiger charge is 2.55. The molecule has 2 aliphatic carbocycles. The fraction of sp³-hybridized carbons (Fsp3) is 0.700. The molecular weight excluding hydrogens is 136 g/mol. The molecule has 0 aromatic heterocycles. The summed E-state index contributed by atoms with van der Waals surface area (Å²) in [6.45, 7) is 8.26. The lowest BCUT2D eigenvalue weighted by Crippen LogP contribution is -2.19. The Balaban J connectivity index is 2.46. The Morgan fingerprint density at radius 3 is 2.18 bits per heavy atom. The summed E-state index contributed by atoms with van der Waals surface area (Å²) in [6, 6.07) is 0. The lowest BCUT2D eigenvalue weighted by atomic mass is 9.82. The highest BCUT2D eigenvalue weighted by Crippen LogP contribution is 2.57. The third-order valence-electron chi connectivity index (χ3n) is 3.59. The van der Waals surface area contributed by atoms with Crippen molar-refractivity contribution >= 4 is 5.78 Å². The van der Waals surface area contributed by atoms with Crippen LogP contribution in [0.25, 0.3) is 0 Å². The fourth-order valence-corrected chi connectivity index (χ4v) is 2.81. The summed E-state index contributed by atoms with van der Waals surface area (Å²) in [4.78, 5) is 11.5. The van der Waals surface area contributed by atoms with Crippen LogP contribution in [0.1, 0.15) is 26.7 Å². The number of ketones is 1. The van der Waals surface area contributed by atoms with Gasteiger partial charge in [-0.1, -0.05) is 20.4 Å². The predicted octanol–water partition coefficient (Wildman–Crippen LogP) is 2.18. The molecule has 2 rings (SSSR count). The number of fused-ring (bicyclic) bond motifs is 2. The van der Waals surface area contributed by atoms with Crippen LogP contribution in [-0.4, -0.2) is 5.78 Å². The first-order valence-electron chi connectivity index (χ1n) is 4.28. The van der Waals surface area contributed by atoms with E-state index in [1.807, 2.05) is 0 Å². The van der Waals surface area contributed by atoms with Crippen LogP contribution >= 0.6 is 0 Å². The summed E-state index contributed by atoms with van der Waals surface area (Å²) >= 11 is 0. The third kappa shape index (κ3) is 0.640. The summed E-state index contributed by atoms with van der Waals surface area (Å²) in [5.74, 6) is 1.12. The first-order chi connectivity index (χ1) is 5.05. The Kier molecular flexibility index (Phi) is 1.14. The Hall–Kier alpha value is -0.590. The van der Waals surface area contributed by atoms with E-state index in [0.29, 0.717) is 17.6 Å². The minimum Gasteiger partial charge on any atom is -0.294 e. The molecule has 1 heteroatoms. The maximum atomic E-state index is 11.5. The Bertz CT molecular complexity index is 213. The molecule has 0 aromatic rings. The van der Waals surface area contributed by atoms with Gasteiger partial charge in [-0.05, 0) is 29.7 Å². The van der Waals surface area contributed by atoms with Gasteiger partial charge in [-0.25, -0.2) is 0 Å². The molecule has 2 atom stereocenters. The van der Waals surface area contributed by atoms with Gasteiger partial charge in [0.1, 0.15) is 0 Å². The van der Waals surface area contributed by atoms with Gasteiger partial charge in [0.2, 0.25) is 0 Å². The van der Waals surface area contributed by atoms with Gasteiger partial charge in [0.05, 0.1) is 0 Å². The normalized spacial score (nSPS) is 40.2. The zero-order chi connectivity index (χ0) is 8.22. The van der Waals surface area contributed by atoms with Crippen molar-refractivity contribution in [1.29, 1.82) is 0 Å². The van der Waals surface area contributed by atoms with E-state index < -0.39 is 0 Å². The van der Waals surface area contributed by atoms with Crippen LogP contribution in [0.3, 0.4) is 0 Å². The minimum absolute atomic E-state index is 0.216. The molecule has 2 bridgehead atoms. The number of carbonyl (C=O) groups excluding carboxylic acids is 1. The van der Waals surface area contributed by atoms with Crippen LogP contribution in [-0.2, 0) is 4.79 Å². The molecule has 0 radical (unpaired) electrons. The number of hydrogen-bond donors (Lipinski definition) is 0. The van der Waals surface area contributed by atoms with Gasteiger partial charge in [0.25, 0.3) is 0 Å². The molecule has 0 unspecified atom stereocenters. The average Bonchev–Trinajstić information content (AvgIpc) is 2.27. The predicted molar refractivity (Wildman–Crippen MR) is 44.1 cm³/mol. The quantitative estimate of drug-likeness (QED) is 0.484. The molecule has 0 spiro atoms. The van der Waals surface area contributed by atoms with Crippen LogP contribution in [0.4, 0.5) is 0 Å². The van der Waals surface area contributed by atoms with Crippen LogP contribution in [0, 0.1) is 17.3 Å². The number of allylic oxidation sites excluding steroid dienone is 1. The van der Waals surface area contributed by atoms with Gasteiger partial charge in [0, 0.05) is 5.92 Å². The Morgan fingerprint density at radius 2 is 1.91 bits per heavy atom. The summed E-state index contributed by atoms with van der Waals surface area (Å²) in [5, 5.41) is 0. The van der Waals surface area contributed by atoms with Crippen LogP contribution in [0.15, 0.2) is 12.2 Å². The van der Waals surface area contributed by atoms with E-state index in [1.165, 1.54) is 6.42 Å². The molecule has 0 heterocycles. The highest BCUT2D eigenvalue weighted by molar-refractivity contribution is 6.01. The number of carbonyl (C=O) groups is 1. The topological polar surface area (TPSA) is 17.1 Å². The first-order valence-corrected chi connectivity index (χ1v) is 4.28. The molecular formula is C10H14O. The van der Waals surface area contributed by atoms with Gasteiger partial charge < -0.3 is 0 Å². The molecule has 11 heavy (non-hydrogen) atoms. The van der Waals surface area contributed by atoms with Crippen molar-refractivity contribution in [3.05, 3.63) is 12.2 Å². The zero-order valence-electron chi connectivity index (χ0n) is 7.18. The summed E-state index contributed by atoms with van der Waals surface area (Å²) in [5.41, 5.74) is 1.11. The van der Waals surface area contributed by atoms with Crippen molar-refractivity contribution < 1.29 is 4.79 Å². The molecule has 2 saturated carbocycles. The molecule has 0 aliphatic heterocycles. The van der Waals surface area contributed by atoms with Crippen LogP contribution in [0.5, 0.6) is 0 Å². The van der Waals surface area contributed by atoms with Crippen LogP contribution in [0.2, 0.25) is 0 Å². The molecule has 1 nitrogen and oxygen atoms in total. The largest absolute Gasteiger partial charge is 0.294 e. The number of Topliss-reactive ketones (excluding diaryl/α,β-unsaturated/α-hetero) is 1. The minimum atomic E-state index is 0.216. The summed E-state index contributed by atoms with van der Waals surface area (Å²) in [7, 11) is 0. The van der Waals surface area contributed by atoms with E-state index in [1.54, 1.807) is 0 Å². The number of rotatable bonds is 0. The fourth-order valence-electron chi connectivity index (χ4n) is 2.81. The van der Waals surface area contributed by atoms with Crippen molar-refractivity contribution in [3.63, 3.8) is 0 Å². The molecule has 0 N–H and O–H groups in total. The maximum absolute atomic E-state index is 11.5. The lowest BCUT2D eigenvalue weighted by molar-refractivity contribution is -0.119. The molecule has 2 fully saturated rings. The molecule has 60 valence electrons. The van der Waals surface area contributed by atoms with Crippen molar-refractivity contribution in [2.75, 3.05) is 0 Å². The SMILES string of the molecule is C=C1C(=O)[C@@H]2CC[C@H]1C2(C)C. The second kappa shape index (κ2) is 1.77. The van der Waals surface area contributed by atoms with E-state index in [4.69, 9.17) is 0 Å². The maximum Gasteiger partial charge on any atom is 0.162 e. The third-order valence-corrected chi connectivity index (χ3v) is 3.59. The Morgan fingerprint density at radius 1 is 1.36 bits per heavy atom. The van der Waals surface area contributed by atoms with Gasteiger partial charge in [-0.3, -0.25) is 4.79 Å². The molecule has 2 aliphatic rings. The molecule has 0 aromatic carbocycles. The van der Waals surface area contributed by atoms with Gasteiger partial charge in [-0.2, -0.15) is 0 Å². The van der Waals surface area contributed by atoms with Gasteiger partial charge >= 0.3 is 0 Å². The lowest BCUT2D eigenvalue weighted by Gasteiger charge is -2.21. The smallest absolute Gasteiger partial charge is 0.162 e. The second-order valence-electron chi connectivity index (χ2n) is 4.39. The average molecular weight is 150 g/mol. The van der Waals surface area contributed by atoms with Gasteiger partial charge in [0.15, 0.2) is 5.78 Å². The summed E-state index contributed by atoms with van der Waals surface area (Å²) in [6.07, 6.45) is 2.28. The van der Waals surface area contributed by atoms with Crippen LogP contribution < -0.4 is 0 Å². The van der Waals surface area contributed by atoms with E-state index in [0.717, 1.165) is 12.0 Å². The van der Waals surface area contributed by atoms with Crippen molar-refractivity contribution in [2.45, 2.75) is 26.7 Å². The molecule has 0 amide bonds. The van der Waals surface area contributed by atoms with Crippen molar-refractivity contribution in [1.82, 2.24) is 0 Å². The number of hydrogen-bond acceptors (Lipinski definition) is 1. The monoisotopic (exact) mass is 150 g/mol. The van der Waals surface area contributed by atoms with E-state index in [-0.39, 0.29) is 5.41 Å². The van der Waals surface area contributed by atoms with Crippen molar-refractivity contribution in [2.24, 2.45) is 17.3 Å².